The van der Waals surface area contributed by atoms with Crippen molar-refractivity contribution in [2.75, 3.05) is 12.4 Å². The van der Waals surface area contributed by atoms with Crippen molar-refractivity contribution in [3.8, 4) is 5.75 Å². The van der Waals surface area contributed by atoms with Gasteiger partial charge in [0.05, 0.1) is 18.1 Å². The number of methoxy groups -OCH3 is 1. The summed E-state index contributed by atoms with van der Waals surface area (Å²) >= 11 is 0. The Morgan fingerprint density at radius 3 is 2.50 bits per heavy atom. The lowest BCUT2D eigenvalue weighted by atomic mass is 9.74. The first-order valence-corrected chi connectivity index (χ1v) is 13.4. The number of aryl methyl sites for hydroxylation is 1. The molecule has 4 rings (SSSR count). The van der Waals surface area contributed by atoms with Crippen molar-refractivity contribution in [1.29, 1.82) is 0 Å². The summed E-state index contributed by atoms with van der Waals surface area (Å²) in [6.07, 6.45) is 4.05. The van der Waals surface area contributed by atoms with Crippen LogP contribution in [0.1, 0.15) is 83.4 Å². The standard InChI is InChI=1S/C30H41N3O3/c1-18(2)21-8-11-23(12-9-21)31-30-32-25-16-22(10-14-29(34)35)28(36-6)17-27(25)33(30)26-15-20(5)7-13-24(26)19(3)4/h8-9,11-12,16-20,24,26H,7,10,13-15H2,1-6H3,(H,31,32)(H,34,35)/t20-,24+,26-/m1/s1. The minimum absolute atomic E-state index is 0.0610. The fourth-order valence-electron chi connectivity index (χ4n) is 5.75. The quantitative estimate of drug-likeness (QED) is 0.323. The van der Waals surface area contributed by atoms with E-state index in [-0.39, 0.29) is 6.42 Å². The third-order valence-corrected chi connectivity index (χ3v) is 7.85. The molecule has 6 heteroatoms. The maximum atomic E-state index is 11.2. The van der Waals surface area contributed by atoms with Crippen LogP contribution >= 0.6 is 0 Å². The largest absolute Gasteiger partial charge is 0.496 e. The highest BCUT2D eigenvalue weighted by Crippen LogP contribution is 2.45. The number of fused-ring (bicyclic) bond motifs is 1. The number of ether oxygens (including phenoxy) is 1. The molecule has 2 N–H and O–H groups in total. The number of hydrogen-bond donors (Lipinski definition) is 2. The average molecular weight is 492 g/mol. The highest BCUT2D eigenvalue weighted by Gasteiger charge is 2.34. The third-order valence-electron chi connectivity index (χ3n) is 7.85. The molecular formula is C30H41N3O3. The summed E-state index contributed by atoms with van der Waals surface area (Å²) in [7, 11) is 1.65. The van der Waals surface area contributed by atoms with Gasteiger partial charge in [0.2, 0.25) is 5.95 Å². The second-order valence-corrected chi connectivity index (χ2v) is 11.1. The molecule has 1 saturated carbocycles. The molecule has 3 atom stereocenters. The first-order valence-electron chi connectivity index (χ1n) is 13.4. The van der Waals surface area contributed by atoms with Gasteiger partial charge in [-0.15, -0.1) is 0 Å². The number of nitrogens with one attached hydrogen (secondary N) is 1. The van der Waals surface area contributed by atoms with Crippen LogP contribution < -0.4 is 10.1 Å². The van der Waals surface area contributed by atoms with Gasteiger partial charge in [-0.2, -0.15) is 0 Å². The first kappa shape index (κ1) is 26.1. The van der Waals surface area contributed by atoms with E-state index >= 15 is 0 Å². The second-order valence-electron chi connectivity index (χ2n) is 11.1. The summed E-state index contributed by atoms with van der Waals surface area (Å²) in [4.78, 5) is 16.3. The molecule has 36 heavy (non-hydrogen) atoms. The van der Waals surface area contributed by atoms with E-state index in [0.717, 1.165) is 40.4 Å². The maximum Gasteiger partial charge on any atom is 0.303 e. The summed E-state index contributed by atoms with van der Waals surface area (Å²) < 4.78 is 8.13. The molecular weight excluding hydrogens is 450 g/mol. The van der Waals surface area contributed by atoms with Gasteiger partial charge < -0.3 is 19.7 Å². The first-order chi connectivity index (χ1) is 17.2. The van der Waals surface area contributed by atoms with Crippen LogP contribution in [0, 0.1) is 17.8 Å². The smallest absolute Gasteiger partial charge is 0.303 e. The Bertz CT molecular complexity index is 1200. The maximum absolute atomic E-state index is 11.2. The topological polar surface area (TPSA) is 76.4 Å². The van der Waals surface area contributed by atoms with Crippen molar-refractivity contribution in [2.24, 2.45) is 17.8 Å². The van der Waals surface area contributed by atoms with Crippen molar-refractivity contribution in [1.82, 2.24) is 9.55 Å². The second kappa shape index (κ2) is 10.9. The number of aromatic nitrogens is 2. The predicted molar refractivity (Wildman–Crippen MR) is 146 cm³/mol. The third kappa shape index (κ3) is 5.53. The number of hydrogen-bond acceptors (Lipinski definition) is 4. The minimum atomic E-state index is -0.814. The van der Waals surface area contributed by atoms with Gasteiger partial charge in [0, 0.05) is 24.2 Å². The molecule has 0 bridgehead atoms. The number of carboxylic acid groups (broad SMARTS) is 1. The molecule has 2 aromatic carbocycles. The molecule has 0 saturated heterocycles. The molecule has 194 valence electrons. The SMILES string of the molecule is COc1cc2c(cc1CCC(=O)O)nc(Nc1ccc(C(C)C)cc1)n2[C@@H]1C[C@H](C)CC[C@H]1C(C)C. The molecule has 6 nitrogen and oxygen atoms in total. The molecule has 3 aromatic rings. The molecule has 0 radical (unpaired) electrons. The Balaban J connectivity index is 1.84. The van der Waals surface area contributed by atoms with Crippen LogP contribution in [-0.2, 0) is 11.2 Å². The number of imidazole rings is 1. The van der Waals surface area contributed by atoms with Gasteiger partial charge in [0.25, 0.3) is 0 Å². The highest BCUT2D eigenvalue weighted by atomic mass is 16.5. The van der Waals surface area contributed by atoms with Crippen molar-refractivity contribution >= 4 is 28.6 Å². The normalized spacial score (nSPS) is 20.3. The Labute approximate surface area is 215 Å². The Morgan fingerprint density at radius 1 is 1.17 bits per heavy atom. The van der Waals surface area contributed by atoms with Crippen LogP contribution in [0.5, 0.6) is 5.75 Å². The molecule has 0 amide bonds. The van der Waals surface area contributed by atoms with E-state index in [9.17, 15) is 9.90 Å². The molecule has 1 fully saturated rings. The average Bonchev–Trinajstić information content (AvgIpc) is 3.18. The Morgan fingerprint density at radius 2 is 1.89 bits per heavy atom. The van der Waals surface area contributed by atoms with E-state index in [1.54, 1.807) is 7.11 Å². The van der Waals surface area contributed by atoms with Crippen LogP contribution in [0.15, 0.2) is 36.4 Å². The van der Waals surface area contributed by atoms with Crippen molar-refractivity contribution in [3.05, 3.63) is 47.5 Å². The van der Waals surface area contributed by atoms with Gasteiger partial charge in [-0.05, 0) is 72.3 Å². The molecule has 1 aromatic heterocycles. The van der Waals surface area contributed by atoms with Gasteiger partial charge >= 0.3 is 5.97 Å². The number of anilines is 2. The van der Waals surface area contributed by atoms with E-state index < -0.39 is 5.97 Å². The Kier molecular flexibility index (Phi) is 7.91. The molecule has 1 heterocycles. The number of carboxylic acids is 1. The van der Waals surface area contributed by atoms with Gasteiger partial charge in [0.15, 0.2) is 0 Å². The van der Waals surface area contributed by atoms with Gasteiger partial charge in [0.1, 0.15) is 5.75 Å². The lowest BCUT2D eigenvalue weighted by Gasteiger charge is -2.39. The van der Waals surface area contributed by atoms with E-state index in [1.165, 1.54) is 18.4 Å². The lowest BCUT2D eigenvalue weighted by molar-refractivity contribution is -0.136. The number of carbonyl (C=O) groups is 1. The van der Waals surface area contributed by atoms with Crippen LogP contribution in [0.2, 0.25) is 0 Å². The van der Waals surface area contributed by atoms with Gasteiger partial charge in [-0.3, -0.25) is 4.79 Å². The van der Waals surface area contributed by atoms with Crippen molar-refractivity contribution < 1.29 is 14.6 Å². The van der Waals surface area contributed by atoms with E-state index in [4.69, 9.17) is 9.72 Å². The van der Waals surface area contributed by atoms with Gasteiger partial charge in [-0.25, -0.2) is 4.98 Å². The monoisotopic (exact) mass is 491 g/mol. The Hall–Kier alpha value is -3.02. The minimum Gasteiger partial charge on any atom is -0.496 e. The zero-order chi connectivity index (χ0) is 26.0. The van der Waals surface area contributed by atoms with E-state index in [2.05, 4.69) is 74.8 Å². The summed E-state index contributed by atoms with van der Waals surface area (Å²) in [5.41, 5.74) is 5.11. The van der Waals surface area contributed by atoms with Crippen LogP contribution in [-0.4, -0.2) is 27.7 Å². The van der Waals surface area contributed by atoms with Gasteiger partial charge in [-0.1, -0.05) is 53.2 Å². The number of aliphatic carboxylic acids is 1. The fourth-order valence-corrected chi connectivity index (χ4v) is 5.75. The number of rotatable bonds is 9. The van der Waals surface area contributed by atoms with E-state index in [1.807, 2.05) is 6.07 Å². The molecule has 0 spiro atoms. The summed E-state index contributed by atoms with van der Waals surface area (Å²) in [6.45, 7) is 11.4. The lowest BCUT2D eigenvalue weighted by Crippen LogP contribution is -2.30. The van der Waals surface area contributed by atoms with E-state index in [0.29, 0.717) is 36.1 Å². The van der Waals surface area contributed by atoms with Crippen LogP contribution in [0.3, 0.4) is 0 Å². The highest BCUT2D eigenvalue weighted by molar-refractivity contribution is 5.83. The van der Waals surface area contributed by atoms with Crippen molar-refractivity contribution in [2.45, 2.75) is 78.7 Å². The van der Waals surface area contributed by atoms with Crippen LogP contribution in [0.25, 0.3) is 11.0 Å². The summed E-state index contributed by atoms with van der Waals surface area (Å²) in [5.74, 6) is 3.00. The fraction of sp³-hybridized carbons (Fsp3) is 0.533. The summed E-state index contributed by atoms with van der Waals surface area (Å²) in [5, 5.41) is 12.8. The zero-order valence-corrected chi connectivity index (χ0v) is 22.5. The van der Waals surface area contributed by atoms with Crippen molar-refractivity contribution in [3.63, 3.8) is 0 Å². The summed E-state index contributed by atoms with van der Waals surface area (Å²) in [6, 6.07) is 13.0. The molecule has 0 unspecified atom stereocenters. The number of benzene rings is 2. The molecule has 0 aliphatic heterocycles. The molecule has 1 aliphatic rings. The van der Waals surface area contributed by atoms with Crippen LogP contribution in [0.4, 0.5) is 11.6 Å². The zero-order valence-electron chi connectivity index (χ0n) is 22.5. The predicted octanol–water partition coefficient (Wildman–Crippen LogP) is 7.56. The number of nitrogens with zero attached hydrogens (tertiary/aromatic N) is 2. The molecule has 1 aliphatic carbocycles.